The van der Waals surface area contributed by atoms with Crippen LogP contribution in [0.15, 0.2) is 0 Å². The van der Waals surface area contributed by atoms with Crippen molar-refractivity contribution in [1.29, 1.82) is 0 Å². The summed E-state index contributed by atoms with van der Waals surface area (Å²) in [6, 6.07) is 0.581. The minimum atomic E-state index is 0.200. The molecule has 1 saturated carbocycles. The Morgan fingerprint density at radius 2 is 2.00 bits per heavy atom. The normalized spacial score (nSPS) is 29.3. The molecule has 112 valence electrons. The van der Waals surface area contributed by atoms with Crippen molar-refractivity contribution in [3.8, 4) is 0 Å². The van der Waals surface area contributed by atoms with Crippen molar-refractivity contribution in [2.45, 2.75) is 78.3 Å². The predicted molar refractivity (Wildman–Crippen MR) is 80.8 cm³/mol. The maximum Gasteiger partial charge on any atom is 0.220 e. The van der Waals surface area contributed by atoms with E-state index in [1.807, 2.05) is 6.92 Å². The van der Waals surface area contributed by atoms with Crippen LogP contribution in [0.5, 0.6) is 0 Å². The molecule has 1 rings (SSSR count). The summed E-state index contributed by atoms with van der Waals surface area (Å²) in [7, 11) is 0. The summed E-state index contributed by atoms with van der Waals surface area (Å²) in [5, 5.41) is 3.27. The molecule has 0 aromatic carbocycles. The Hall–Kier alpha value is -0.570. The van der Waals surface area contributed by atoms with Crippen LogP contribution in [0.2, 0.25) is 0 Å². The summed E-state index contributed by atoms with van der Waals surface area (Å²) in [6.45, 7) is 8.84. The Balaban J connectivity index is 2.40. The number of amides is 1. The zero-order chi connectivity index (χ0) is 14.4. The lowest BCUT2D eigenvalue weighted by molar-refractivity contribution is -0.122. The van der Waals surface area contributed by atoms with E-state index in [4.69, 9.17) is 5.73 Å². The number of nitrogens with one attached hydrogen (secondary N) is 1. The van der Waals surface area contributed by atoms with Gasteiger partial charge in [0, 0.05) is 18.5 Å². The average Bonchev–Trinajstić information content (AvgIpc) is 2.27. The van der Waals surface area contributed by atoms with Gasteiger partial charge in [0.05, 0.1) is 0 Å². The Morgan fingerprint density at radius 1 is 1.32 bits per heavy atom. The molecule has 0 aliphatic heterocycles. The van der Waals surface area contributed by atoms with Gasteiger partial charge < -0.3 is 11.1 Å². The fourth-order valence-electron chi connectivity index (χ4n) is 3.23. The highest BCUT2D eigenvalue weighted by molar-refractivity contribution is 5.76. The zero-order valence-corrected chi connectivity index (χ0v) is 13.1. The second kappa shape index (κ2) is 7.88. The molecule has 0 heterocycles. The van der Waals surface area contributed by atoms with E-state index in [1.54, 1.807) is 0 Å². The summed E-state index contributed by atoms with van der Waals surface area (Å²) in [6.07, 6.45) is 6.16. The minimum absolute atomic E-state index is 0.200. The van der Waals surface area contributed by atoms with Crippen LogP contribution in [0.3, 0.4) is 0 Å². The lowest BCUT2D eigenvalue weighted by Gasteiger charge is -2.37. The number of hydrogen-bond donors (Lipinski definition) is 2. The molecule has 3 heteroatoms. The molecule has 19 heavy (non-hydrogen) atoms. The topological polar surface area (TPSA) is 55.1 Å². The molecule has 4 unspecified atom stereocenters. The highest BCUT2D eigenvalue weighted by Gasteiger charge is 2.31. The molecular weight excluding hydrogens is 236 g/mol. The van der Waals surface area contributed by atoms with Crippen molar-refractivity contribution in [3.05, 3.63) is 0 Å². The van der Waals surface area contributed by atoms with Crippen molar-refractivity contribution in [1.82, 2.24) is 5.32 Å². The molecular formula is C16H32N2O. The quantitative estimate of drug-likeness (QED) is 0.778. The summed E-state index contributed by atoms with van der Waals surface area (Å²) >= 11 is 0. The Kier molecular flexibility index (Phi) is 6.84. The van der Waals surface area contributed by atoms with E-state index in [9.17, 15) is 4.79 Å². The minimum Gasteiger partial charge on any atom is -0.353 e. The molecule has 0 radical (unpaired) electrons. The van der Waals surface area contributed by atoms with E-state index in [0.717, 1.165) is 25.2 Å². The summed E-state index contributed by atoms with van der Waals surface area (Å²) in [5.41, 5.74) is 5.71. The lowest BCUT2D eigenvalue weighted by Crippen LogP contribution is -2.45. The maximum atomic E-state index is 12.0. The number of carbonyl (C=O) groups is 1. The summed E-state index contributed by atoms with van der Waals surface area (Å²) in [5.74, 6) is 2.25. The van der Waals surface area contributed by atoms with Crippen LogP contribution in [0, 0.1) is 17.8 Å². The van der Waals surface area contributed by atoms with Gasteiger partial charge in [0.25, 0.3) is 0 Å². The molecule has 4 atom stereocenters. The molecule has 1 amide bonds. The van der Waals surface area contributed by atoms with Crippen LogP contribution in [0.4, 0.5) is 0 Å². The second-order valence-electron chi connectivity index (χ2n) is 6.87. The number of carbonyl (C=O) groups excluding carboxylic acids is 1. The predicted octanol–water partition coefficient (Wildman–Crippen LogP) is 3.08. The van der Waals surface area contributed by atoms with Crippen molar-refractivity contribution in [3.63, 3.8) is 0 Å². The fourth-order valence-corrected chi connectivity index (χ4v) is 3.23. The van der Waals surface area contributed by atoms with Crippen LogP contribution in [0.25, 0.3) is 0 Å². The van der Waals surface area contributed by atoms with Crippen molar-refractivity contribution in [2.24, 2.45) is 23.5 Å². The Labute approximate surface area is 118 Å². The van der Waals surface area contributed by atoms with E-state index >= 15 is 0 Å². The van der Waals surface area contributed by atoms with Crippen LogP contribution in [-0.2, 0) is 4.79 Å². The van der Waals surface area contributed by atoms with Crippen LogP contribution >= 0.6 is 0 Å². The van der Waals surface area contributed by atoms with Crippen molar-refractivity contribution < 1.29 is 4.79 Å². The second-order valence-corrected chi connectivity index (χ2v) is 6.87. The lowest BCUT2D eigenvalue weighted by atomic mass is 9.74. The standard InChI is InChI=1S/C16H32N2O/c1-11(2)14-9-8-12(3)10-15(14)18-16(19)7-5-6-13(4)17/h11-15H,5-10,17H2,1-4H3,(H,18,19). The van der Waals surface area contributed by atoms with Gasteiger partial charge in [-0.1, -0.05) is 27.2 Å². The number of rotatable bonds is 6. The van der Waals surface area contributed by atoms with E-state index < -0.39 is 0 Å². The molecule has 1 aliphatic rings. The average molecular weight is 268 g/mol. The van der Waals surface area contributed by atoms with Crippen LogP contribution in [-0.4, -0.2) is 18.0 Å². The molecule has 3 N–H and O–H groups in total. The Morgan fingerprint density at radius 3 is 2.58 bits per heavy atom. The third-order valence-corrected chi connectivity index (χ3v) is 4.43. The SMILES string of the molecule is CC(N)CCCC(=O)NC1CC(C)CCC1C(C)C. The summed E-state index contributed by atoms with van der Waals surface area (Å²) < 4.78 is 0. The molecule has 0 aromatic rings. The van der Waals surface area contributed by atoms with Gasteiger partial charge in [0.15, 0.2) is 0 Å². The molecule has 0 spiro atoms. The van der Waals surface area contributed by atoms with Crippen LogP contribution < -0.4 is 11.1 Å². The Bertz CT molecular complexity index is 276. The first-order valence-electron chi connectivity index (χ1n) is 7.95. The van der Waals surface area contributed by atoms with Gasteiger partial charge in [-0.05, 0) is 50.4 Å². The third kappa shape index (κ3) is 5.94. The fraction of sp³-hybridized carbons (Fsp3) is 0.938. The van der Waals surface area contributed by atoms with Crippen molar-refractivity contribution in [2.75, 3.05) is 0 Å². The first-order valence-corrected chi connectivity index (χ1v) is 7.95. The highest BCUT2D eigenvalue weighted by atomic mass is 16.1. The summed E-state index contributed by atoms with van der Waals surface area (Å²) in [4.78, 5) is 12.0. The van der Waals surface area contributed by atoms with E-state index in [2.05, 4.69) is 26.1 Å². The van der Waals surface area contributed by atoms with Gasteiger partial charge in [0.1, 0.15) is 0 Å². The third-order valence-electron chi connectivity index (χ3n) is 4.43. The van der Waals surface area contributed by atoms with Gasteiger partial charge in [-0.3, -0.25) is 4.79 Å². The van der Waals surface area contributed by atoms with Gasteiger partial charge in [-0.2, -0.15) is 0 Å². The maximum absolute atomic E-state index is 12.0. The molecule has 0 saturated heterocycles. The highest BCUT2D eigenvalue weighted by Crippen LogP contribution is 2.33. The van der Waals surface area contributed by atoms with Gasteiger partial charge in [-0.15, -0.1) is 0 Å². The number of hydrogen-bond acceptors (Lipinski definition) is 2. The molecule has 1 fully saturated rings. The number of nitrogens with two attached hydrogens (primary N) is 1. The van der Waals surface area contributed by atoms with Crippen molar-refractivity contribution >= 4 is 5.91 Å². The molecule has 0 bridgehead atoms. The zero-order valence-electron chi connectivity index (χ0n) is 13.1. The van der Waals surface area contributed by atoms with Gasteiger partial charge in [-0.25, -0.2) is 0 Å². The van der Waals surface area contributed by atoms with Gasteiger partial charge in [0.2, 0.25) is 5.91 Å². The van der Waals surface area contributed by atoms with Gasteiger partial charge >= 0.3 is 0 Å². The monoisotopic (exact) mass is 268 g/mol. The van der Waals surface area contributed by atoms with E-state index in [1.165, 1.54) is 12.8 Å². The largest absolute Gasteiger partial charge is 0.353 e. The first-order chi connectivity index (χ1) is 8.90. The smallest absolute Gasteiger partial charge is 0.220 e. The molecule has 3 nitrogen and oxygen atoms in total. The molecule has 0 aromatic heterocycles. The molecule has 1 aliphatic carbocycles. The van der Waals surface area contributed by atoms with E-state index in [0.29, 0.717) is 24.3 Å². The van der Waals surface area contributed by atoms with Crippen LogP contribution in [0.1, 0.15) is 66.2 Å². The van der Waals surface area contributed by atoms with E-state index in [-0.39, 0.29) is 11.9 Å². The first kappa shape index (κ1) is 16.5.